The van der Waals surface area contributed by atoms with Gasteiger partial charge < -0.3 is 14.5 Å². The molecule has 3 nitrogen and oxygen atoms in total. The van der Waals surface area contributed by atoms with Crippen LogP contribution in [0.1, 0.15) is 37.7 Å². The lowest BCUT2D eigenvalue weighted by Crippen LogP contribution is -2.27. The van der Waals surface area contributed by atoms with Crippen LogP contribution in [-0.2, 0) is 6.42 Å². The third kappa shape index (κ3) is 2.85. The second-order valence-electron chi connectivity index (χ2n) is 5.60. The number of benzene rings is 1. The largest absolute Gasteiger partial charge is 0.526 e. The number of hydrogen-bond acceptors (Lipinski definition) is 3. The van der Waals surface area contributed by atoms with Crippen molar-refractivity contribution in [3.63, 3.8) is 0 Å². The molecule has 1 heterocycles. The van der Waals surface area contributed by atoms with Crippen LogP contribution in [0, 0.1) is 5.92 Å². The molecule has 19 heavy (non-hydrogen) atoms. The minimum Gasteiger partial charge on any atom is -0.465 e. The van der Waals surface area contributed by atoms with Crippen molar-refractivity contribution in [1.29, 1.82) is 0 Å². The van der Waals surface area contributed by atoms with Crippen LogP contribution in [0.25, 0.3) is 11.0 Å². The van der Waals surface area contributed by atoms with E-state index in [0.29, 0.717) is 0 Å². The first-order valence-electron chi connectivity index (χ1n) is 7.11. The molecule has 1 saturated carbocycles. The molecule has 1 fully saturated rings. The number of hydrogen-bond donors (Lipinski definition) is 2. The Morgan fingerprint density at radius 2 is 1.89 bits per heavy atom. The van der Waals surface area contributed by atoms with Crippen molar-refractivity contribution < 1.29 is 14.5 Å². The molecule has 0 amide bonds. The summed E-state index contributed by atoms with van der Waals surface area (Å²) < 4.78 is 5.37. The molecule has 1 aromatic heterocycles. The van der Waals surface area contributed by atoms with Gasteiger partial charge in [-0.3, -0.25) is 0 Å². The second kappa shape index (κ2) is 5.39. The average Bonchev–Trinajstić information content (AvgIpc) is 2.83. The fourth-order valence-electron chi connectivity index (χ4n) is 3.09. The lowest BCUT2D eigenvalue weighted by Gasteiger charge is -2.21. The van der Waals surface area contributed by atoms with E-state index in [4.69, 9.17) is 14.5 Å². The number of rotatable bonds is 3. The van der Waals surface area contributed by atoms with E-state index in [-0.39, 0.29) is 5.66 Å². The SMILES string of the molecule is OB(O)c1cc2cc(CC3CCCCC3)ccc2o1. The van der Waals surface area contributed by atoms with Gasteiger partial charge in [-0.1, -0.05) is 38.2 Å². The van der Waals surface area contributed by atoms with E-state index in [1.54, 1.807) is 6.07 Å². The van der Waals surface area contributed by atoms with Crippen LogP contribution >= 0.6 is 0 Å². The van der Waals surface area contributed by atoms with Crippen molar-refractivity contribution in [2.24, 2.45) is 5.92 Å². The highest BCUT2D eigenvalue weighted by atomic mass is 16.4. The summed E-state index contributed by atoms with van der Waals surface area (Å²) in [6, 6.07) is 7.84. The highest BCUT2D eigenvalue weighted by Gasteiger charge is 2.18. The predicted octanol–water partition coefficient (Wildman–Crippen LogP) is 2.24. The first-order valence-corrected chi connectivity index (χ1v) is 7.11. The molecule has 3 rings (SSSR count). The monoisotopic (exact) mass is 258 g/mol. The third-order valence-electron chi connectivity index (χ3n) is 4.10. The van der Waals surface area contributed by atoms with Crippen LogP contribution in [-0.4, -0.2) is 17.2 Å². The summed E-state index contributed by atoms with van der Waals surface area (Å²) in [5.74, 6) is 0.806. The summed E-state index contributed by atoms with van der Waals surface area (Å²) >= 11 is 0. The highest BCUT2D eigenvalue weighted by molar-refractivity contribution is 6.57. The third-order valence-corrected chi connectivity index (χ3v) is 4.10. The topological polar surface area (TPSA) is 53.6 Å². The van der Waals surface area contributed by atoms with Crippen molar-refractivity contribution in [2.45, 2.75) is 38.5 Å². The number of furan rings is 1. The van der Waals surface area contributed by atoms with E-state index in [1.165, 1.54) is 37.7 Å². The summed E-state index contributed by atoms with van der Waals surface area (Å²) in [6.07, 6.45) is 7.90. The van der Waals surface area contributed by atoms with Crippen molar-refractivity contribution >= 4 is 23.7 Å². The van der Waals surface area contributed by atoms with Gasteiger partial charge in [0.1, 0.15) is 11.2 Å². The van der Waals surface area contributed by atoms with Crippen molar-refractivity contribution in [1.82, 2.24) is 0 Å². The highest BCUT2D eigenvalue weighted by Crippen LogP contribution is 2.28. The van der Waals surface area contributed by atoms with E-state index in [1.807, 2.05) is 6.07 Å². The normalized spacial score (nSPS) is 16.9. The van der Waals surface area contributed by atoms with E-state index < -0.39 is 7.12 Å². The molecule has 0 spiro atoms. The van der Waals surface area contributed by atoms with E-state index in [0.717, 1.165) is 23.3 Å². The van der Waals surface area contributed by atoms with Gasteiger partial charge in [0.15, 0.2) is 0 Å². The molecule has 2 aromatic rings. The van der Waals surface area contributed by atoms with Crippen LogP contribution in [0.2, 0.25) is 0 Å². The van der Waals surface area contributed by atoms with Crippen LogP contribution in [0.3, 0.4) is 0 Å². The fourth-order valence-corrected chi connectivity index (χ4v) is 3.09. The van der Waals surface area contributed by atoms with Crippen LogP contribution in [0.4, 0.5) is 0 Å². The zero-order valence-electron chi connectivity index (χ0n) is 11.0. The molecule has 0 unspecified atom stereocenters. The Balaban J connectivity index is 1.80. The van der Waals surface area contributed by atoms with Gasteiger partial charge in [-0.2, -0.15) is 0 Å². The first-order chi connectivity index (χ1) is 9.22. The Morgan fingerprint density at radius 3 is 2.63 bits per heavy atom. The van der Waals surface area contributed by atoms with Crippen LogP contribution < -0.4 is 5.66 Å². The molecule has 0 aliphatic heterocycles. The maximum Gasteiger partial charge on any atom is 0.526 e. The Morgan fingerprint density at radius 1 is 1.11 bits per heavy atom. The zero-order chi connectivity index (χ0) is 13.2. The summed E-state index contributed by atoms with van der Waals surface area (Å²) in [4.78, 5) is 0. The predicted molar refractivity (Wildman–Crippen MR) is 76.3 cm³/mol. The smallest absolute Gasteiger partial charge is 0.465 e. The maximum atomic E-state index is 9.12. The summed E-state index contributed by atoms with van der Waals surface area (Å²) in [6.45, 7) is 0. The van der Waals surface area contributed by atoms with E-state index >= 15 is 0 Å². The van der Waals surface area contributed by atoms with E-state index in [2.05, 4.69) is 12.1 Å². The van der Waals surface area contributed by atoms with Gasteiger partial charge >= 0.3 is 7.12 Å². The zero-order valence-corrected chi connectivity index (χ0v) is 11.0. The molecular weight excluding hydrogens is 239 g/mol. The van der Waals surface area contributed by atoms with Crippen molar-refractivity contribution in [3.05, 3.63) is 29.8 Å². The van der Waals surface area contributed by atoms with Gasteiger partial charge in [-0.05, 0) is 36.1 Å². The lowest BCUT2D eigenvalue weighted by atomic mass is 9.84. The quantitative estimate of drug-likeness (QED) is 0.830. The molecule has 1 aromatic carbocycles. The Labute approximate surface area is 113 Å². The fraction of sp³-hybridized carbons (Fsp3) is 0.467. The van der Waals surface area contributed by atoms with Crippen molar-refractivity contribution in [3.8, 4) is 0 Å². The van der Waals surface area contributed by atoms with Gasteiger partial charge in [0.2, 0.25) is 0 Å². The van der Waals surface area contributed by atoms with Crippen LogP contribution in [0.15, 0.2) is 28.7 Å². The summed E-state index contributed by atoms with van der Waals surface area (Å²) in [7, 11) is -1.53. The van der Waals surface area contributed by atoms with Gasteiger partial charge in [-0.25, -0.2) is 0 Å². The maximum absolute atomic E-state index is 9.12. The van der Waals surface area contributed by atoms with Crippen molar-refractivity contribution in [2.75, 3.05) is 0 Å². The lowest BCUT2D eigenvalue weighted by molar-refractivity contribution is 0.357. The molecule has 0 saturated heterocycles. The molecule has 1 aliphatic rings. The molecule has 100 valence electrons. The minimum absolute atomic E-state index is 0.213. The van der Waals surface area contributed by atoms with Crippen LogP contribution in [0.5, 0.6) is 0 Å². The standard InChI is InChI=1S/C15H19BO3/c17-16(18)15-10-13-9-12(6-7-14(13)19-15)8-11-4-2-1-3-5-11/h6-7,9-11,17-18H,1-5,8H2. The van der Waals surface area contributed by atoms with Gasteiger partial charge in [0.05, 0.1) is 0 Å². The molecule has 0 bridgehead atoms. The second-order valence-corrected chi connectivity index (χ2v) is 5.60. The summed E-state index contributed by atoms with van der Waals surface area (Å²) in [5.41, 5.74) is 2.25. The first kappa shape index (κ1) is 12.8. The van der Waals surface area contributed by atoms with Gasteiger partial charge in [0, 0.05) is 5.39 Å². The Kier molecular flexibility index (Phi) is 3.62. The molecular formula is C15H19BO3. The molecule has 0 radical (unpaired) electrons. The Hall–Kier alpha value is -1.26. The molecule has 0 atom stereocenters. The summed E-state index contributed by atoms with van der Waals surface area (Å²) in [5, 5.41) is 19.2. The van der Waals surface area contributed by atoms with Gasteiger partial charge in [-0.15, -0.1) is 0 Å². The van der Waals surface area contributed by atoms with Gasteiger partial charge in [0.25, 0.3) is 0 Å². The molecule has 2 N–H and O–H groups in total. The minimum atomic E-state index is -1.53. The Bertz CT molecular complexity index is 556. The molecule has 1 aliphatic carbocycles. The number of fused-ring (bicyclic) bond motifs is 1. The molecule has 4 heteroatoms. The average molecular weight is 258 g/mol. The van der Waals surface area contributed by atoms with E-state index in [9.17, 15) is 0 Å².